The number of likely N-dealkylation sites (N-methyl/N-ethyl adjacent to an activating group) is 1. The highest BCUT2D eigenvalue weighted by molar-refractivity contribution is 5.92. The molecule has 1 saturated carbocycles. The Morgan fingerprint density at radius 2 is 1.91 bits per heavy atom. The van der Waals surface area contributed by atoms with Gasteiger partial charge >= 0.3 is 0 Å². The smallest absolute Gasteiger partial charge is 0.246 e. The molecule has 0 spiro atoms. The van der Waals surface area contributed by atoms with Gasteiger partial charge in [0.05, 0.1) is 14.2 Å². The fourth-order valence-corrected chi connectivity index (χ4v) is 2.90. The zero-order valence-electron chi connectivity index (χ0n) is 13.7. The maximum absolute atomic E-state index is 12.3. The van der Waals surface area contributed by atoms with Gasteiger partial charge in [-0.1, -0.05) is 19.3 Å². The SMILES string of the molecule is COc1ccc(OC)c(/C=C/C(=O)N(C)C2CCCCC2)c1. The molecule has 1 aromatic rings. The van der Waals surface area contributed by atoms with Gasteiger partial charge < -0.3 is 14.4 Å². The van der Waals surface area contributed by atoms with Crippen LogP contribution in [0.5, 0.6) is 11.5 Å². The van der Waals surface area contributed by atoms with Crippen molar-refractivity contribution < 1.29 is 14.3 Å². The first-order valence-electron chi connectivity index (χ1n) is 7.82. The number of hydrogen-bond donors (Lipinski definition) is 0. The number of hydrogen-bond acceptors (Lipinski definition) is 3. The van der Waals surface area contributed by atoms with E-state index in [9.17, 15) is 4.79 Å². The number of carbonyl (C=O) groups is 1. The Hall–Kier alpha value is -1.97. The summed E-state index contributed by atoms with van der Waals surface area (Å²) in [5.74, 6) is 1.51. The molecule has 1 fully saturated rings. The highest BCUT2D eigenvalue weighted by atomic mass is 16.5. The van der Waals surface area contributed by atoms with Crippen molar-refractivity contribution in [2.75, 3.05) is 21.3 Å². The Morgan fingerprint density at radius 1 is 1.18 bits per heavy atom. The molecule has 22 heavy (non-hydrogen) atoms. The van der Waals surface area contributed by atoms with Gasteiger partial charge in [0.1, 0.15) is 11.5 Å². The van der Waals surface area contributed by atoms with Crippen LogP contribution >= 0.6 is 0 Å². The summed E-state index contributed by atoms with van der Waals surface area (Å²) in [6.45, 7) is 0. The molecule has 2 rings (SSSR count). The predicted octanol–water partition coefficient (Wildman–Crippen LogP) is 3.51. The molecule has 0 heterocycles. The van der Waals surface area contributed by atoms with Crippen LogP contribution in [0.25, 0.3) is 6.08 Å². The molecule has 1 amide bonds. The summed E-state index contributed by atoms with van der Waals surface area (Å²) in [7, 11) is 5.14. The van der Waals surface area contributed by atoms with E-state index in [0.717, 1.165) is 29.9 Å². The number of rotatable bonds is 5. The Labute approximate surface area is 132 Å². The van der Waals surface area contributed by atoms with Gasteiger partial charge in [0.2, 0.25) is 5.91 Å². The minimum Gasteiger partial charge on any atom is -0.497 e. The van der Waals surface area contributed by atoms with Crippen molar-refractivity contribution in [2.45, 2.75) is 38.1 Å². The lowest BCUT2D eigenvalue weighted by molar-refractivity contribution is -0.127. The van der Waals surface area contributed by atoms with Crippen LogP contribution in [0, 0.1) is 0 Å². The summed E-state index contributed by atoms with van der Waals surface area (Å²) < 4.78 is 10.5. The van der Waals surface area contributed by atoms with E-state index in [-0.39, 0.29) is 5.91 Å². The Morgan fingerprint density at radius 3 is 2.55 bits per heavy atom. The third-order valence-corrected chi connectivity index (χ3v) is 4.31. The first kappa shape index (κ1) is 16.4. The number of amides is 1. The molecular formula is C18H25NO3. The van der Waals surface area contributed by atoms with Crippen molar-refractivity contribution >= 4 is 12.0 Å². The van der Waals surface area contributed by atoms with Crippen molar-refractivity contribution in [1.82, 2.24) is 4.90 Å². The lowest BCUT2D eigenvalue weighted by Crippen LogP contribution is -2.37. The number of carbonyl (C=O) groups excluding carboxylic acids is 1. The zero-order valence-corrected chi connectivity index (χ0v) is 13.7. The monoisotopic (exact) mass is 303 g/mol. The van der Waals surface area contributed by atoms with E-state index >= 15 is 0 Å². The molecule has 0 unspecified atom stereocenters. The van der Waals surface area contributed by atoms with Crippen molar-refractivity contribution in [1.29, 1.82) is 0 Å². The number of ether oxygens (including phenoxy) is 2. The van der Waals surface area contributed by atoms with E-state index in [1.165, 1.54) is 19.3 Å². The maximum Gasteiger partial charge on any atom is 0.246 e. The number of nitrogens with zero attached hydrogens (tertiary/aromatic N) is 1. The molecule has 120 valence electrons. The van der Waals surface area contributed by atoms with Crippen molar-refractivity contribution in [3.05, 3.63) is 29.8 Å². The largest absolute Gasteiger partial charge is 0.497 e. The first-order chi connectivity index (χ1) is 10.7. The first-order valence-corrected chi connectivity index (χ1v) is 7.82. The van der Waals surface area contributed by atoms with Gasteiger partial charge in [0.25, 0.3) is 0 Å². The quantitative estimate of drug-likeness (QED) is 0.781. The van der Waals surface area contributed by atoms with E-state index in [1.807, 2.05) is 30.1 Å². The van der Waals surface area contributed by atoms with Crippen molar-refractivity contribution in [3.63, 3.8) is 0 Å². The van der Waals surface area contributed by atoms with Gasteiger partial charge in [-0.3, -0.25) is 4.79 Å². The summed E-state index contributed by atoms with van der Waals surface area (Å²) >= 11 is 0. The Bertz CT molecular complexity index is 533. The third kappa shape index (κ3) is 4.03. The molecule has 0 N–H and O–H groups in total. The Kier molecular flexibility index (Phi) is 5.87. The molecule has 0 aromatic heterocycles. The molecule has 0 atom stereocenters. The summed E-state index contributed by atoms with van der Waals surface area (Å²) in [5, 5.41) is 0. The van der Waals surface area contributed by atoms with Crippen LogP contribution in [0.2, 0.25) is 0 Å². The summed E-state index contributed by atoms with van der Waals surface area (Å²) in [5.41, 5.74) is 0.840. The second kappa shape index (κ2) is 7.87. The molecule has 0 saturated heterocycles. The molecule has 0 bridgehead atoms. The van der Waals surface area contributed by atoms with Gasteiger partial charge in [0, 0.05) is 24.7 Å². The maximum atomic E-state index is 12.3. The normalized spacial score (nSPS) is 15.8. The van der Waals surface area contributed by atoms with Crippen LogP contribution in [0.4, 0.5) is 0 Å². The Balaban J connectivity index is 2.08. The number of benzene rings is 1. The van der Waals surface area contributed by atoms with Crippen LogP contribution in [0.15, 0.2) is 24.3 Å². The average molecular weight is 303 g/mol. The average Bonchev–Trinajstić information content (AvgIpc) is 2.59. The minimum absolute atomic E-state index is 0.0387. The van der Waals surface area contributed by atoms with Crippen LogP contribution in [0.3, 0.4) is 0 Å². The standard InChI is InChI=1S/C18H25NO3/c1-19(15-7-5-4-6-8-15)18(20)12-9-14-13-16(21-2)10-11-17(14)22-3/h9-13,15H,4-8H2,1-3H3/b12-9+. The highest BCUT2D eigenvalue weighted by Crippen LogP contribution is 2.26. The van der Waals surface area contributed by atoms with E-state index in [4.69, 9.17) is 9.47 Å². The van der Waals surface area contributed by atoms with Gasteiger partial charge in [0.15, 0.2) is 0 Å². The fourth-order valence-electron chi connectivity index (χ4n) is 2.90. The fraction of sp³-hybridized carbons (Fsp3) is 0.500. The topological polar surface area (TPSA) is 38.8 Å². The molecule has 0 aliphatic heterocycles. The number of methoxy groups -OCH3 is 2. The highest BCUT2D eigenvalue weighted by Gasteiger charge is 2.20. The lowest BCUT2D eigenvalue weighted by atomic mass is 9.94. The predicted molar refractivity (Wildman–Crippen MR) is 88.2 cm³/mol. The van der Waals surface area contributed by atoms with Crippen molar-refractivity contribution in [2.24, 2.45) is 0 Å². The van der Waals surface area contributed by atoms with Crippen molar-refractivity contribution in [3.8, 4) is 11.5 Å². The molecule has 1 aromatic carbocycles. The molecule has 4 heteroatoms. The summed E-state index contributed by atoms with van der Waals surface area (Å²) in [6.07, 6.45) is 9.35. The van der Waals surface area contributed by atoms with E-state index in [1.54, 1.807) is 26.4 Å². The van der Waals surface area contributed by atoms with Crippen LogP contribution in [-0.2, 0) is 4.79 Å². The van der Waals surface area contributed by atoms with Gasteiger partial charge in [-0.05, 0) is 37.1 Å². The molecule has 1 aliphatic rings. The van der Waals surface area contributed by atoms with E-state index in [0.29, 0.717) is 6.04 Å². The third-order valence-electron chi connectivity index (χ3n) is 4.31. The zero-order chi connectivity index (χ0) is 15.9. The van der Waals surface area contributed by atoms with Gasteiger partial charge in [-0.2, -0.15) is 0 Å². The van der Waals surface area contributed by atoms with Gasteiger partial charge in [-0.25, -0.2) is 0 Å². The summed E-state index contributed by atoms with van der Waals surface area (Å²) in [4.78, 5) is 14.2. The second-order valence-corrected chi connectivity index (χ2v) is 5.68. The molecular weight excluding hydrogens is 278 g/mol. The van der Waals surface area contributed by atoms with Crippen LogP contribution in [0.1, 0.15) is 37.7 Å². The second-order valence-electron chi connectivity index (χ2n) is 5.68. The van der Waals surface area contributed by atoms with E-state index in [2.05, 4.69) is 0 Å². The van der Waals surface area contributed by atoms with E-state index < -0.39 is 0 Å². The molecule has 0 radical (unpaired) electrons. The van der Waals surface area contributed by atoms with Crippen LogP contribution in [-0.4, -0.2) is 38.1 Å². The van der Waals surface area contributed by atoms with Gasteiger partial charge in [-0.15, -0.1) is 0 Å². The summed E-state index contributed by atoms with van der Waals surface area (Å²) in [6, 6.07) is 5.92. The lowest BCUT2D eigenvalue weighted by Gasteiger charge is -2.30. The molecule has 4 nitrogen and oxygen atoms in total. The van der Waals surface area contributed by atoms with Crippen LogP contribution < -0.4 is 9.47 Å². The minimum atomic E-state index is 0.0387. The molecule has 1 aliphatic carbocycles.